The minimum Gasteiger partial charge on any atom is -0.352 e. The van der Waals surface area contributed by atoms with Crippen LogP contribution in [-0.2, 0) is 0 Å². The van der Waals surface area contributed by atoms with Crippen molar-refractivity contribution in [2.45, 2.75) is 13.8 Å². The zero-order valence-corrected chi connectivity index (χ0v) is 16.6. The molecule has 0 spiro atoms. The number of benzene rings is 2. The fourth-order valence-electron chi connectivity index (χ4n) is 3.49. The Morgan fingerprint density at radius 3 is 2.31 bits per heavy atom. The van der Waals surface area contributed by atoms with Crippen LogP contribution in [0.3, 0.4) is 0 Å². The molecule has 1 aliphatic rings. The third-order valence-corrected chi connectivity index (χ3v) is 5.45. The van der Waals surface area contributed by atoms with Gasteiger partial charge in [0.2, 0.25) is 0 Å². The molecule has 0 aliphatic carbocycles. The minimum absolute atomic E-state index is 0.124. The minimum atomic E-state index is -0.479. The molecule has 1 fully saturated rings. The Morgan fingerprint density at radius 2 is 1.66 bits per heavy atom. The van der Waals surface area contributed by atoms with Gasteiger partial charge in [-0.05, 0) is 55.3 Å². The van der Waals surface area contributed by atoms with E-state index in [4.69, 9.17) is 0 Å². The van der Waals surface area contributed by atoms with Crippen LogP contribution >= 0.6 is 0 Å². The Labute approximate surface area is 169 Å². The van der Waals surface area contributed by atoms with Gasteiger partial charge < -0.3 is 9.80 Å². The lowest BCUT2D eigenvalue weighted by Crippen LogP contribution is -2.49. The average molecular weight is 390 g/mol. The molecule has 0 N–H and O–H groups in total. The van der Waals surface area contributed by atoms with Gasteiger partial charge in [0, 0.05) is 31.7 Å². The number of hydrogen-bond donors (Lipinski definition) is 0. The molecule has 148 valence electrons. The third-order valence-electron chi connectivity index (χ3n) is 5.45. The number of piperazine rings is 1. The van der Waals surface area contributed by atoms with Gasteiger partial charge in [-0.25, -0.2) is 4.39 Å². The first-order chi connectivity index (χ1) is 14.0. The lowest BCUT2D eigenvalue weighted by atomic mass is 10.0. The van der Waals surface area contributed by atoms with Gasteiger partial charge in [-0.3, -0.25) is 4.79 Å². The number of anilines is 1. The van der Waals surface area contributed by atoms with Crippen molar-refractivity contribution in [1.29, 1.82) is 0 Å². The zero-order valence-electron chi connectivity index (χ0n) is 16.6. The van der Waals surface area contributed by atoms with Crippen LogP contribution in [0.25, 0.3) is 11.3 Å². The number of carbonyl (C=O) groups is 1. The maximum Gasteiger partial charge on any atom is 0.256 e. The molecule has 6 heteroatoms. The third kappa shape index (κ3) is 3.97. The number of hydrogen-bond acceptors (Lipinski definition) is 4. The van der Waals surface area contributed by atoms with E-state index in [2.05, 4.69) is 47.1 Å². The van der Waals surface area contributed by atoms with Crippen LogP contribution in [-0.4, -0.2) is 47.2 Å². The topological polar surface area (TPSA) is 49.3 Å². The number of carbonyl (C=O) groups excluding carboxylic acids is 1. The smallest absolute Gasteiger partial charge is 0.256 e. The van der Waals surface area contributed by atoms with Crippen LogP contribution in [0.5, 0.6) is 0 Å². The van der Waals surface area contributed by atoms with Gasteiger partial charge in [0.05, 0.1) is 11.3 Å². The summed E-state index contributed by atoms with van der Waals surface area (Å²) in [6.45, 7) is 6.49. The normalized spacial score (nSPS) is 14.2. The standard InChI is InChI=1S/C23H23FN4O/c1-16-7-8-18(15-17(16)2)21-9-10-22(26-25-21)27-11-13-28(14-12-27)23(29)19-5-3-4-6-20(19)24/h3-10,15H,11-14H2,1-2H3. The Morgan fingerprint density at radius 1 is 0.897 bits per heavy atom. The molecule has 1 aliphatic heterocycles. The van der Waals surface area contributed by atoms with Crippen molar-refractivity contribution in [3.63, 3.8) is 0 Å². The number of amides is 1. The van der Waals surface area contributed by atoms with E-state index in [9.17, 15) is 9.18 Å². The molecule has 0 bridgehead atoms. The summed E-state index contributed by atoms with van der Waals surface area (Å²) in [6, 6.07) is 16.3. The van der Waals surface area contributed by atoms with E-state index in [1.165, 1.54) is 23.3 Å². The molecule has 3 aromatic rings. The van der Waals surface area contributed by atoms with Crippen molar-refractivity contribution < 1.29 is 9.18 Å². The highest BCUT2D eigenvalue weighted by molar-refractivity contribution is 5.94. The lowest BCUT2D eigenvalue weighted by molar-refractivity contribution is 0.0742. The van der Waals surface area contributed by atoms with E-state index >= 15 is 0 Å². The first kappa shape index (κ1) is 19.1. The Balaban J connectivity index is 1.41. The summed E-state index contributed by atoms with van der Waals surface area (Å²) < 4.78 is 13.9. The Hall–Kier alpha value is -3.28. The first-order valence-corrected chi connectivity index (χ1v) is 9.73. The Kier molecular flexibility index (Phi) is 5.25. The molecule has 0 saturated carbocycles. The molecule has 0 atom stereocenters. The van der Waals surface area contributed by atoms with E-state index in [-0.39, 0.29) is 11.5 Å². The number of rotatable bonds is 3. The van der Waals surface area contributed by atoms with Crippen molar-refractivity contribution in [3.8, 4) is 11.3 Å². The summed E-state index contributed by atoms with van der Waals surface area (Å²) in [5, 5.41) is 8.77. The van der Waals surface area contributed by atoms with Crippen LogP contribution in [0, 0.1) is 19.7 Å². The largest absolute Gasteiger partial charge is 0.352 e. The molecule has 5 nitrogen and oxygen atoms in total. The van der Waals surface area contributed by atoms with Gasteiger partial charge in [-0.2, -0.15) is 0 Å². The average Bonchev–Trinajstić information content (AvgIpc) is 2.76. The van der Waals surface area contributed by atoms with Crippen LogP contribution in [0.4, 0.5) is 10.2 Å². The highest BCUT2D eigenvalue weighted by atomic mass is 19.1. The van der Waals surface area contributed by atoms with Gasteiger partial charge in [0.1, 0.15) is 5.82 Å². The van der Waals surface area contributed by atoms with E-state index in [0.29, 0.717) is 26.2 Å². The number of halogens is 1. The number of aromatic nitrogens is 2. The van der Waals surface area contributed by atoms with E-state index in [1.54, 1.807) is 17.0 Å². The van der Waals surface area contributed by atoms with Crippen LogP contribution in [0.15, 0.2) is 54.6 Å². The van der Waals surface area contributed by atoms with E-state index < -0.39 is 5.82 Å². The maximum absolute atomic E-state index is 13.9. The van der Waals surface area contributed by atoms with E-state index in [0.717, 1.165) is 17.1 Å². The van der Waals surface area contributed by atoms with Gasteiger partial charge >= 0.3 is 0 Å². The van der Waals surface area contributed by atoms with E-state index in [1.807, 2.05) is 12.1 Å². The molecule has 29 heavy (non-hydrogen) atoms. The number of nitrogens with zero attached hydrogens (tertiary/aromatic N) is 4. The van der Waals surface area contributed by atoms with Crippen molar-refractivity contribution in [2.75, 3.05) is 31.1 Å². The summed E-state index contributed by atoms with van der Waals surface area (Å²) in [7, 11) is 0. The van der Waals surface area contributed by atoms with Gasteiger partial charge in [0.25, 0.3) is 5.91 Å². The molecule has 1 amide bonds. The second-order valence-electron chi connectivity index (χ2n) is 7.33. The zero-order chi connectivity index (χ0) is 20.4. The quantitative estimate of drug-likeness (QED) is 0.681. The second kappa shape index (κ2) is 7.99. The van der Waals surface area contributed by atoms with Gasteiger partial charge in [-0.15, -0.1) is 10.2 Å². The summed E-state index contributed by atoms with van der Waals surface area (Å²) in [5.74, 6) is 0.0437. The first-order valence-electron chi connectivity index (χ1n) is 9.73. The second-order valence-corrected chi connectivity index (χ2v) is 7.33. The maximum atomic E-state index is 13.9. The van der Waals surface area contributed by atoms with Gasteiger partial charge in [0.15, 0.2) is 5.82 Å². The lowest BCUT2D eigenvalue weighted by Gasteiger charge is -2.35. The highest BCUT2D eigenvalue weighted by Crippen LogP contribution is 2.22. The summed E-state index contributed by atoms with van der Waals surface area (Å²) in [4.78, 5) is 16.3. The van der Waals surface area contributed by atoms with Crippen molar-refractivity contribution in [2.24, 2.45) is 0 Å². The molecule has 2 aromatic carbocycles. The van der Waals surface area contributed by atoms with Crippen molar-refractivity contribution in [1.82, 2.24) is 15.1 Å². The fraction of sp³-hybridized carbons (Fsp3) is 0.261. The van der Waals surface area contributed by atoms with Crippen molar-refractivity contribution >= 4 is 11.7 Å². The highest BCUT2D eigenvalue weighted by Gasteiger charge is 2.24. The predicted molar refractivity (Wildman–Crippen MR) is 111 cm³/mol. The SMILES string of the molecule is Cc1ccc(-c2ccc(N3CCN(C(=O)c4ccccc4F)CC3)nn2)cc1C. The molecule has 4 rings (SSSR count). The summed E-state index contributed by atoms with van der Waals surface area (Å²) >= 11 is 0. The van der Waals surface area contributed by atoms with Crippen LogP contribution in [0.1, 0.15) is 21.5 Å². The molecule has 0 radical (unpaired) electrons. The predicted octanol–water partition coefficient (Wildman–Crippen LogP) is 3.86. The summed E-state index contributed by atoms with van der Waals surface area (Å²) in [5.41, 5.74) is 4.49. The molecule has 1 aromatic heterocycles. The molecular weight excluding hydrogens is 367 g/mol. The van der Waals surface area contributed by atoms with Crippen molar-refractivity contribution in [3.05, 3.63) is 77.1 Å². The van der Waals surface area contributed by atoms with Crippen LogP contribution < -0.4 is 4.90 Å². The Bertz CT molecular complexity index is 1030. The molecule has 2 heterocycles. The van der Waals surface area contributed by atoms with Crippen LogP contribution in [0.2, 0.25) is 0 Å². The van der Waals surface area contributed by atoms with Gasteiger partial charge in [-0.1, -0.05) is 24.3 Å². The molecule has 1 saturated heterocycles. The number of aryl methyl sites for hydroxylation is 2. The fourth-order valence-corrected chi connectivity index (χ4v) is 3.49. The summed E-state index contributed by atoms with van der Waals surface area (Å²) in [6.07, 6.45) is 0. The monoisotopic (exact) mass is 390 g/mol. The molecule has 0 unspecified atom stereocenters. The molecular formula is C23H23FN4O.